The lowest BCUT2D eigenvalue weighted by Gasteiger charge is -2.11. The van der Waals surface area contributed by atoms with E-state index in [1.165, 1.54) is 17.7 Å². The lowest BCUT2D eigenvalue weighted by atomic mass is 10.1. The van der Waals surface area contributed by atoms with Crippen LogP contribution in [-0.2, 0) is 19.9 Å². The van der Waals surface area contributed by atoms with Crippen LogP contribution in [0.4, 0.5) is 4.39 Å². The molecule has 1 heterocycles. The molecule has 0 radical (unpaired) electrons. The highest BCUT2D eigenvalue weighted by Crippen LogP contribution is 2.02. The first kappa shape index (κ1) is 20.4. The van der Waals surface area contributed by atoms with Crippen LogP contribution in [0, 0.1) is 5.82 Å². The van der Waals surface area contributed by atoms with Gasteiger partial charge in [0.25, 0.3) is 0 Å². The van der Waals surface area contributed by atoms with Crippen molar-refractivity contribution in [1.29, 1.82) is 0 Å². The maximum absolute atomic E-state index is 12.8. The molecule has 0 aliphatic heterocycles. The standard InChI is InChI=1S/C17H24FN5.HI/c1-19-17(20-10-3-4-15-12-22-23(2)13-15)21-11-9-14-5-7-16(18)8-6-14;/h5-8,12-13H,3-4,9-11H2,1-2H3,(H2,19,20,21);1H. The molecular weight excluding hydrogens is 420 g/mol. The fourth-order valence-electron chi connectivity index (χ4n) is 2.30. The van der Waals surface area contributed by atoms with Crippen molar-refractivity contribution in [3.05, 3.63) is 53.6 Å². The zero-order chi connectivity index (χ0) is 16.5. The van der Waals surface area contributed by atoms with Crippen LogP contribution in [0.2, 0.25) is 0 Å². The molecule has 0 amide bonds. The number of rotatable bonds is 7. The van der Waals surface area contributed by atoms with Gasteiger partial charge in [-0.2, -0.15) is 5.10 Å². The second-order valence-electron chi connectivity index (χ2n) is 5.43. The van der Waals surface area contributed by atoms with E-state index in [1.54, 1.807) is 19.2 Å². The van der Waals surface area contributed by atoms with E-state index < -0.39 is 0 Å². The van der Waals surface area contributed by atoms with Gasteiger partial charge in [0.05, 0.1) is 6.20 Å². The monoisotopic (exact) mass is 445 g/mol. The fourth-order valence-corrected chi connectivity index (χ4v) is 2.30. The number of hydrogen-bond donors (Lipinski definition) is 2. The number of benzene rings is 1. The van der Waals surface area contributed by atoms with Gasteiger partial charge in [-0.25, -0.2) is 4.39 Å². The minimum atomic E-state index is -0.201. The average Bonchev–Trinajstić information content (AvgIpc) is 2.97. The Kier molecular flexibility index (Phi) is 9.36. The molecule has 0 saturated heterocycles. The maximum atomic E-state index is 12.8. The van der Waals surface area contributed by atoms with Gasteiger partial charge in [-0.15, -0.1) is 24.0 Å². The summed E-state index contributed by atoms with van der Waals surface area (Å²) in [6.45, 7) is 1.61. The lowest BCUT2D eigenvalue weighted by Crippen LogP contribution is -2.38. The molecule has 0 unspecified atom stereocenters. The molecule has 2 aromatic rings. The van der Waals surface area contributed by atoms with Crippen LogP contribution < -0.4 is 10.6 Å². The van der Waals surface area contributed by atoms with Gasteiger partial charge < -0.3 is 10.6 Å². The minimum Gasteiger partial charge on any atom is -0.356 e. The van der Waals surface area contributed by atoms with Crippen LogP contribution in [0.3, 0.4) is 0 Å². The predicted molar refractivity (Wildman–Crippen MR) is 106 cm³/mol. The Morgan fingerprint density at radius 3 is 2.46 bits per heavy atom. The second-order valence-corrected chi connectivity index (χ2v) is 5.43. The van der Waals surface area contributed by atoms with E-state index in [-0.39, 0.29) is 29.8 Å². The molecule has 0 atom stereocenters. The van der Waals surface area contributed by atoms with Crippen LogP contribution in [-0.4, -0.2) is 35.9 Å². The van der Waals surface area contributed by atoms with E-state index in [2.05, 4.69) is 20.7 Å². The number of halogens is 2. The Hall–Kier alpha value is -1.64. The summed E-state index contributed by atoms with van der Waals surface area (Å²) in [5, 5.41) is 10.7. The summed E-state index contributed by atoms with van der Waals surface area (Å²) in [6.07, 6.45) is 6.78. The van der Waals surface area contributed by atoms with Crippen molar-refractivity contribution in [2.75, 3.05) is 20.1 Å². The molecule has 0 saturated carbocycles. The number of nitrogens with zero attached hydrogens (tertiary/aromatic N) is 3. The zero-order valence-electron chi connectivity index (χ0n) is 14.1. The minimum absolute atomic E-state index is 0. The molecule has 24 heavy (non-hydrogen) atoms. The molecule has 0 fully saturated rings. The second kappa shape index (κ2) is 11.0. The number of aliphatic imine (C=N–C) groups is 1. The Balaban J connectivity index is 0.00000288. The van der Waals surface area contributed by atoms with E-state index in [0.717, 1.165) is 43.9 Å². The third kappa shape index (κ3) is 7.29. The first-order valence-corrected chi connectivity index (χ1v) is 7.84. The van der Waals surface area contributed by atoms with E-state index in [4.69, 9.17) is 0 Å². The highest BCUT2D eigenvalue weighted by molar-refractivity contribution is 14.0. The molecule has 5 nitrogen and oxygen atoms in total. The number of guanidine groups is 1. The van der Waals surface area contributed by atoms with Crippen molar-refractivity contribution in [2.24, 2.45) is 12.0 Å². The normalized spacial score (nSPS) is 11.0. The van der Waals surface area contributed by atoms with E-state index in [0.29, 0.717) is 0 Å². The molecule has 7 heteroatoms. The summed E-state index contributed by atoms with van der Waals surface area (Å²) < 4.78 is 14.7. The topological polar surface area (TPSA) is 54.2 Å². The first-order valence-electron chi connectivity index (χ1n) is 7.84. The Morgan fingerprint density at radius 1 is 1.12 bits per heavy atom. The Bertz CT molecular complexity index is 624. The molecular formula is C17H25FIN5. The number of nitrogens with one attached hydrogen (secondary N) is 2. The van der Waals surface area contributed by atoms with Crippen molar-refractivity contribution in [1.82, 2.24) is 20.4 Å². The maximum Gasteiger partial charge on any atom is 0.190 e. The molecule has 1 aromatic carbocycles. The molecule has 0 aliphatic carbocycles. The SMILES string of the molecule is CN=C(NCCCc1cnn(C)c1)NCCc1ccc(F)cc1.I. The van der Waals surface area contributed by atoms with Gasteiger partial charge in [0.2, 0.25) is 0 Å². The van der Waals surface area contributed by atoms with E-state index in [1.807, 2.05) is 24.1 Å². The zero-order valence-corrected chi connectivity index (χ0v) is 16.5. The van der Waals surface area contributed by atoms with Gasteiger partial charge in [0.1, 0.15) is 5.82 Å². The van der Waals surface area contributed by atoms with Crippen LogP contribution in [0.15, 0.2) is 41.7 Å². The van der Waals surface area contributed by atoms with Crippen LogP contribution in [0.5, 0.6) is 0 Å². The molecule has 132 valence electrons. The summed E-state index contributed by atoms with van der Waals surface area (Å²) in [7, 11) is 3.68. The van der Waals surface area contributed by atoms with Crippen LogP contribution in [0.25, 0.3) is 0 Å². The smallest absolute Gasteiger partial charge is 0.190 e. The molecule has 2 N–H and O–H groups in total. The van der Waals surface area contributed by atoms with E-state index >= 15 is 0 Å². The van der Waals surface area contributed by atoms with Gasteiger partial charge in [0.15, 0.2) is 5.96 Å². The fraction of sp³-hybridized carbons (Fsp3) is 0.412. The molecule has 0 bridgehead atoms. The highest BCUT2D eigenvalue weighted by atomic mass is 127. The van der Waals surface area contributed by atoms with Gasteiger partial charge in [-0.3, -0.25) is 9.67 Å². The largest absolute Gasteiger partial charge is 0.356 e. The molecule has 1 aromatic heterocycles. The van der Waals surface area contributed by atoms with Crippen molar-refractivity contribution < 1.29 is 4.39 Å². The first-order chi connectivity index (χ1) is 11.2. The van der Waals surface area contributed by atoms with Crippen molar-refractivity contribution in [3.63, 3.8) is 0 Å². The van der Waals surface area contributed by atoms with Crippen molar-refractivity contribution in [3.8, 4) is 0 Å². The summed E-state index contributed by atoms with van der Waals surface area (Å²) >= 11 is 0. The quantitative estimate of drug-likeness (QED) is 0.298. The predicted octanol–water partition coefficient (Wildman–Crippen LogP) is 2.52. The number of aryl methyl sites for hydroxylation is 2. The Morgan fingerprint density at radius 2 is 1.83 bits per heavy atom. The highest BCUT2D eigenvalue weighted by Gasteiger charge is 2.00. The lowest BCUT2D eigenvalue weighted by molar-refractivity contribution is 0.626. The van der Waals surface area contributed by atoms with Gasteiger partial charge in [-0.1, -0.05) is 12.1 Å². The molecule has 0 aliphatic rings. The molecule has 2 rings (SSSR count). The summed E-state index contributed by atoms with van der Waals surface area (Å²) in [5.41, 5.74) is 2.35. The van der Waals surface area contributed by atoms with Crippen molar-refractivity contribution >= 4 is 29.9 Å². The molecule has 0 spiro atoms. The summed E-state index contributed by atoms with van der Waals surface area (Å²) in [6, 6.07) is 6.59. The Labute approximate surface area is 159 Å². The van der Waals surface area contributed by atoms with Gasteiger partial charge in [0, 0.05) is 33.4 Å². The number of hydrogen-bond acceptors (Lipinski definition) is 2. The van der Waals surface area contributed by atoms with Crippen LogP contribution >= 0.6 is 24.0 Å². The summed E-state index contributed by atoms with van der Waals surface area (Å²) in [5.74, 6) is 0.589. The number of aromatic nitrogens is 2. The third-order valence-electron chi connectivity index (χ3n) is 3.54. The van der Waals surface area contributed by atoms with Crippen LogP contribution in [0.1, 0.15) is 17.5 Å². The van der Waals surface area contributed by atoms with Gasteiger partial charge >= 0.3 is 0 Å². The summed E-state index contributed by atoms with van der Waals surface area (Å²) in [4.78, 5) is 4.20. The third-order valence-corrected chi connectivity index (χ3v) is 3.54. The van der Waals surface area contributed by atoms with Gasteiger partial charge in [-0.05, 0) is 42.5 Å². The van der Waals surface area contributed by atoms with Crippen molar-refractivity contribution in [2.45, 2.75) is 19.3 Å². The van der Waals surface area contributed by atoms with E-state index in [9.17, 15) is 4.39 Å². The average molecular weight is 445 g/mol.